The number of aryl methyl sites for hydroxylation is 2. The molecule has 17 heavy (non-hydrogen) atoms. The van der Waals surface area contributed by atoms with Gasteiger partial charge in [-0.3, -0.25) is 0 Å². The van der Waals surface area contributed by atoms with Gasteiger partial charge in [-0.25, -0.2) is 9.97 Å². The van der Waals surface area contributed by atoms with Crippen LogP contribution in [0, 0.1) is 6.92 Å². The lowest BCUT2D eigenvalue weighted by atomic mass is 10.2. The SMILES string of the molecule is Cc1nc2c(c(N3CCCCCC3)n1)CCC2. The van der Waals surface area contributed by atoms with Crippen molar-refractivity contribution >= 4 is 5.82 Å². The first-order chi connectivity index (χ1) is 8.34. The summed E-state index contributed by atoms with van der Waals surface area (Å²) in [6, 6.07) is 0. The topological polar surface area (TPSA) is 29.0 Å². The zero-order chi connectivity index (χ0) is 11.7. The zero-order valence-corrected chi connectivity index (χ0v) is 10.7. The molecular weight excluding hydrogens is 210 g/mol. The second-order valence-corrected chi connectivity index (χ2v) is 5.27. The summed E-state index contributed by atoms with van der Waals surface area (Å²) in [7, 11) is 0. The minimum absolute atomic E-state index is 0.949. The summed E-state index contributed by atoms with van der Waals surface area (Å²) in [6.07, 6.45) is 8.98. The van der Waals surface area contributed by atoms with E-state index in [0.717, 1.165) is 12.2 Å². The molecule has 1 fully saturated rings. The fourth-order valence-electron chi connectivity index (χ4n) is 3.08. The van der Waals surface area contributed by atoms with Crippen LogP contribution in [-0.2, 0) is 12.8 Å². The fourth-order valence-corrected chi connectivity index (χ4v) is 3.08. The van der Waals surface area contributed by atoms with Gasteiger partial charge in [0.25, 0.3) is 0 Å². The molecule has 3 heteroatoms. The molecular formula is C14H21N3. The van der Waals surface area contributed by atoms with Gasteiger partial charge in [-0.1, -0.05) is 12.8 Å². The Morgan fingerprint density at radius 2 is 1.65 bits per heavy atom. The molecule has 0 radical (unpaired) electrons. The summed E-state index contributed by atoms with van der Waals surface area (Å²) in [5, 5.41) is 0. The second-order valence-electron chi connectivity index (χ2n) is 5.27. The predicted octanol–water partition coefficient (Wildman–Crippen LogP) is 2.65. The molecule has 0 unspecified atom stereocenters. The average Bonchev–Trinajstić information content (AvgIpc) is 2.62. The van der Waals surface area contributed by atoms with Crippen LogP contribution in [0.25, 0.3) is 0 Å². The molecule has 0 bridgehead atoms. The van der Waals surface area contributed by atoms with E-state index < -0.39 is 0 Å². The van der Waals surface area contributed by atoms with E-state index in [-0.39, 0.29) is 0 Å². The maximum absolute atomic E-state index is 4.72. The van der Waals surface area contributed by atoms with Crippen LogP contribution in [0.5, 0.6) is 0 Å². The van der Waals surface area contributed by atoms with E-state index in [1.807, 2.05) is 6.92 Å². The van der Waals surface area contributed by atoms with Crippen molar-refractivity contribution in [2.24, 2.45) is 0 Å². The molecule has 3 rings (SSSR count). The molecule has 1 aliphatic heterocycles. The van der Waals surface area contributed by atoms with E-state index in [1.54, 1.807) is 0 Å². The van der Waals surface area contributed by atoms with Gasteiger partial charge in [0.05, 0.1) is 0 Å². The zero-order valence-electron chi connectivity index (χ0n) is 10.7. The summed E-state index contributed by atoms with van der Waals surface area (Å²) >= 11 is 0. The van der Waals surface area contributed by atoms with Gasteiger partial charge >= 0.3 is 0 Å². The largest absolute Gasteiger partial charge is 0.356 e. The molecule has 2 heterocycles. The Labute approximate surface area is 103 Å². The van der Waals surface area contributed by atoms with Crippen molar-refractivity contribution in [2.45, 2.75) is 51.9 Å². The van der Waals surface area contributed by atoms with Crippen LogP contribution in [0.2, 0.25) is 0 Å². The van der Waals surface area contributed by atoms with E-state index in [9.17, 15) is 0 Å². The van der Waals surface area contributed by atoms with Crippen LogP contribution in [0.15, 0.2) is 0 Å². The molecule has 0 atom stereocenters. The van der Waals surface area contributed by atoms with Crippen LogP contribution in [0.1, 0.15) is 49.2 Å². The first-order valence-electron chi connectivity index (χ1n) is 6.96. The Morgan fingerprint density at radius 1 is 0.882 bits per heavy atom. The van der Waals surface area contributed by atoms with Crippen LogP contribution in [0.4, 0.5) is 5.82 Å². The lowest BCUT2D eigenvalue weighted by Crippen LogP contribution is -2.26. The molecule has 92 valence electrons. The molecule has 3 nitrogen and oxygen atoms in total. The number of anilines is 1. The minimum Gasteiger partial charge on any atom is -0.356 e. The van der Waals surface area contributed by atoms with Gasteiger partial charge in [0.1, 0.15) is 11.6 Å². The fraction of sp³-hybridized carbons (Fsp3) is 0.714. The predicted molar refractivity (Wildman–Crippen MR) is 69.5 cm³/mol. The molecule has 2 aliphatic rings. The second kappa shape index (κ2) is 4.63. The molecule has 1 saturated heterocycles. The average molecular weight is 231 g/mol. The highest BCUT2D eigenvalue weighted by Crippen LogP contribution is 2.29. The first-order valence-corrected chi connectivity index (χ1v) is 6.96. The van der Waals surface area contributed by atoms with Crippen LogP contribution in [-0.4, -0.2) is 23.1 Å². The summed E-state index contributed by atoms with van der Waals surface area (Å²) in [4.78, 5) is 11.8. The number of nitrogens with zero attached hydrogens (tertiary/aromatic N) is 3. The molecule has 0 spiro atoms. The van der Waals surface area contributed by atoms with Gasteiger partial charge in [0.2, 0.25) is 0 Å². The molecule has 0 aromatic carbocycles. The van der Waals surface area contributed by atoms with Gasteiger partial charge in [-0.15, -0.1) is 0 Å². The molecule has 0 saturated carbocycles. The number of hydrogen-bond acceptors (Lipinski definition) is 3. The summed E-state index contributed by atoms with van der Waals surface area (Å²) in [6.45, 7) is 4.39. The van der Waals surface area contributed by atoms with Gasteiger partial charge < -0.3 is 4.90 Å². The van der Waals surface area contributed by atoms with Crippen LogP contribution in [0.3, 0.4) is 0 Å². The minimum atomic E-state index is 0.949. The van der Waals surface area contributed by atoms with Gasteiger partial charge in [0.15, 0.2) is 0 Å². The van der Waals surface area contributed by atoms with Crippen molar-refractivity contribution in [1.82, 2.24) is 9.97 Å². The number of aromatic nitrogens is 2. The third kappa shape index (κ3) is 2.15. The highest BCUT2D eigenvalue weighted by molar-refractivity contribution is 5.51. The van der Waals surface area contributed by atoms with E-state index >= 15 is 0 Å². The normalized spacial score (nSPS) is 20.2. The van der Waals surface area contributed by atoms with E-state index in [4.69, 9.17) is 4.98 Å². The highest BCUT2D eigenvalue weighted by Gasteiger charge is 2.22. The number of fused-ring (bicyclic) bond motifs is 1. The maximum atomic E-state index is 4.72. The van der Waals surface area contributed by atoms with E-state index in [1.165, 1.54) is 68.7 Å². The molecule has 1 aromatic heterocycles. The van der Waals surface area contributed by atoms with Crippen molar-refractivity contribution in [3.05, 3.63) is 17.1 Å². The Balaban J connectivity index is 1.95. The van der Waals surface area contributed by atoms with E-state index in [2.05, 4.69) is 9.88 Å². The Morgan fingerprint density at radius 3 is 2.41 bits per heavy atom. The highest BCUT2D eigenvalue weighted by atomic mass is 15.2. The van der Waals surface area contributed by atoms with Gasteiger partial charge in [-0.05, 0) is 39.0 Å². The smallest absolute Gasteiger partial charge is 0.135 e. The van der Waals surface area contributed by atoms with Crippen molar-refractivity contribution < 1.29 is 0 Å². The van der Waals surface area contributed by atoms with Crippen LogP contribution >= 0.6 is 0 Å². The van der Waals surface area contributed by atoms with E-state index in [0.29, 0.717) is 0 Å². The van der Waals surface area contributed by atoms with Crippen molar-refractivity contribution in [3.63, 3.8) is 0 Å². The van der Waals surface area contributed by atoms with Crippen molar-refractivity contribution in [3.8, 4) is 0 Å². The first kappa shape index (κ1) is 11.0. The molecule has 0 N–H and O–H groups in total. The Bertz CT molecular complexity index is 406. The Kier molecular flexibility index (Phi) is 3.00. The molecule has 0 amide bonds. The summed E-state index contributed by atoms with van der Waals surface area (Å²) < 4.78 is 0. The standard InChI is InChI=1S/C14H21N3/c1-11-15-13-8-6-7-12(13)14(16-11)17-9-4-2-3-5-10-17/h2-10H2,1H3. The lowest BCUT2D eigenvalue weighted by molar-refractivity contribution is 0.726. The van der Waals surface area contributed by atoms with Crippen LogP contribution < -0.4 is 4.90 Å². The quantitative estimate of drug-likeness (QED) is 0.744. The van der Waals surface area contributed by atoms with Gasteiger partial charge in [-0.2, -0.15) is 0 Å². The molecule has 1 aliphatic carbocycles. The third-order valence-electron chi connectivity index (χ3n) is 3.93. The third-order valence-corrected chi connectivity index (χ3v) is 3.93. The van der Waals surface area contributed by atoms with Gasteiger partial charge in [0, 0.05) is 24.3 Å². The maximum Gasteiger partial charge on any atom is 0.135 e. The molecule has 1 aromatic rings. The Hall–Kier alpha value is -1.12. The monoisotopic (exact) mass is 231 g/mol. The van der Waals surface area contributed by atoms with Crippen molar-refractivity contribution in [2.75, 3.05) is 18.0 Å². The summed E-state index contributed by atoms with van der Waals surface area (Å²) in [5.41, 5.74) is 2.76. The summed E-state index contributed by atoms with van der Waals surface area (Å²) in [5.74, 6) is 2.21. The number of rotatable bonds is 1. The lowest BCUT2D eigenvalue weighted by Gasteiger charge is -2.24. The van der Waals surface area contributed by atoms with Crippen molar-refractivity contribution in [1.29, 1.82) is 0 Å². The number of hydrogen-bond donors (Lipinski definition) is 0.